The molecule has 7 heteroatoms. The third-order valence-electron chi connectivity index (χ3n) is 7.08. The molecule has 1 radical (unpaired) electrons. The average molecular weight is 696 g/mol. The smallest absolute Gasteiger partial charge is 0.151 e. The Balaban J connectivity index is 0.000000161. The van der Waals surface area contributed by atoms with Crippen molar-refractivity contribution < 1.29 is 33.3 Å². The maximum Gasteiger partial charge on any atom is 0.151 e. The van der Waals surface area contributed by atoms with Crippen molar-refractivity contribution in [1.29, 1.82) is 0 Å². The van der Waals surface area contributed by atoms with Crippen LogP contribution in [0.2, 0.25) is 0 Å². The van der Waals surface area contributed by atoms with E-state index in [0.717, 1.165) is 34.5 Å². The average Bonchev–Trinajstić information content (AvgIpc) is 3.43. The molecule has 4 heterocycles. The summed E-state index contributed by atoms with van der Waals surface area (Å²) in [7, 11) is 0. The molecule has 0 atom stereocenters. The van der Waals surface area contributed by atoms with Gasteiger partial charge in [-0.1, -0.05) is 43.4 Å². The van der Waals surface area contributed by atoms with Gasteiger partial charge >= 0.3 is 0 Å². The normalized spacial score (nSPS) is 12.8. The Morgan fingerprint density at radius 1 is 0.923 bits per heavy atom. The zero-order chi connectivity index (χ0) is 26.4. The van der Waals surface area contributed by atoms with Crippen molar-refractivity contribution in [3.05, 3.63) is 114 Å². The van der Waals surface area contributed by atoms with E-state index in [1.54, 1.807) is 18.3 Å². The molecule has 4 nitrogen and oxygen atoms in total. The Hall–Kier alpha value is -3.80. The van der Waals surface area contributed by atoms with Crippen molar-refractivity contribution in [3.63, 3.8) is 0 Å². The number of halogens is 2. The molecule has 39 heavy (non-hydrogen) atoms. The van der Waals surface area contributed by atoms with E-state index < -0.39 is 0 Å². The van der Waals surface area contributed by atoms with Gasteiger partial charge in [-0.3, -0.25) is 4.98 Å². The molecule has 1 aliphatic carbocycles. The summed E-state index contributed by atoms with van der Waals surface area (Å²) in [6.45, 7) is 6.14. The molecule has 0 spiro atoms. The summed E-state index contributed by atoms with van der Waals surface area (Å²) in [4.78, 5) is 12.5. The van der Waals surface area contributed by atoms with E-state index in [1.165, 1.54) is 30.2 Å². The molecule has 0 unspecified atom stereocenters. The monoisotopic (exact) mass is 696 g/mol. The van der Waals surface area contributed by atoms with Crippen LogP contribution < -0.4 is 0 Å². The van der Waals surface area contributed by atoms with Crippen molar-refractivity contribution >= 4 is 21.9 Å². The molecule has 4 aromatic heterocycles. The van der Waals surface area contributed by atoms with Gasteiger partial charge in [-0.05, 0) is 40.9 Å². The molecule has 0 N–H and O–H groups in total. The first-order valence-electron chi connectivity index (χ1n) is 12.4. The minimum atomic E-state index is -0.385. The SMILES string of the molecule is CC1(C)c2ccc[c-]c2-c2nccc(F)c21.CCc1ccnc(-c2[c-]ccc3c2oc2cncc(F)c23)c1.[Ir]. The second kappa shape index (κ2) is 10.4. The zero-order valence-electron chi connectivity index (χ0n) is 21.5. The van der Waals surface area contributed by atoms with Gasteiger partial charge in [0, 0.05) is 37.9 Å². The number of benzene rings is 2. The predicted molar refractivity (Wildman–Crippen MR) is 144 cm³/mol. The molecule has 6 aromatic rings. The van der Waals surface area contributed by atoms with E-state index in [1.807, 2.05) is 44.2 Å². The second-order valence-electron chi connectivity index (χ2n) is 9.70. The van der Waals surface area contributed by atoms with Crippen molar-refractivity contribution in [2.24, 2.45) is 0 Å². The van der Waals surface area contributed by atoms with E-state index in [0.29, 0.717) is 27.5 Å². The Morgan fingerprint density at radius 3 is 2.54 bits per heavy atom. The number of rotatable bonds is 2. The van der Waals surface area contributed by atoms with Gasteiger partial charge in [-0.15, -0.1) is 53.6 Å². The first-order chi connectivity index (χ1) is 18.4. The molecule has 0 aliphatic heterocycles. The number of aryl methyl sites for hydroxylation is 1. The second-order valence-corrected chi connectivity index (χ2v) is 9.70. The summed E-state index contributed by atoms with van der Waals surface area (Å²) >= 11 is 0. The molecular weight excluding hydrogens is 673 g/mol. The summed E-state index contributed by atoms with van der Waals surface area (Å²) in [5, 5.41) is 1.17. The fourth-order valence-electron chi connectivity index (χ4n) is 5.18. The van der Waals surface area contributed by atoms with Crippen LogP contribution in [0.3, 0.4) is 0 Å². The van der Waals surface area contributed by atoms with Crippen LogP contribution >= 0.6 is 0 Å². The number of furan rings is 1. The van der Waals surface area contributed by atoms with Crippen LogP contribution in [0, 0.1) is 23.8 Å². The zero-order valence-corrected chi connectivity index (χ0v) is 23.9. The van der Waals surface area contributed by atoms with E-state index in [-0.39, 0.29) is 37.2 Å². The van der Waals surface area contributed by atoms with E-state index in [2.05, 4.69) is 34.0 Å². The predicted octanol–water partition coefficient (Wildman–Crippen LogP) is 7.87. The van der Waals surface area contributed by atoms with Crippen LogP contribution in [-0.2, 0) is 31.9 Å². The summed E-state index contributed by atoms with van der Waals surface area (Å²) in [6.07, 6.45) is 6.93. The quantitative estimate of drug-likeness (QED) is 0.173. The van der Waals surface area contributed by atoms with E-state index in [4.69, 9.17) is 4.42 Å². The molecule has 197 valence electrons. The molecule has 7 rings (SSSR count). The minimum Gasteiger partial charge on any atom is -0.499 e. The third kappa shape index (κ3) is 4.46. The van der Waals surface area contributed by atoms with Gasteiger partial charge in [0.15, 0.2) is 5.82 Å². The summed E-state index contributed by atoms with van der Waals surface area (Å²) in [5.74, 6) is -0.566. The molecule has 0 bridgehead atoms. The van der Waals surface area contributed by atoms with E-state index in [9.17, 15) is 8.78 Å². The van der Waals surface area contributed by atoms with Crippen LogP contribution in [0.1, 0.15) is 37.5 Å². The molecule has 0 fully saturated rings. The van der Waals surface area contributed by atoms with E-state index >= 15 is 0 Å². The first kappa shape index (κ1) is 26.8. The maximum absolute atomic E-state index is 14.1. The van der Waals surface area contributed by atoms with Crippen LogP contribution in [-0.4, -0.2) is 15.0 Å². The first-order valence-corrected chi connectivity index (χ1v) is 12.4. The summed E-state index contributed by atoms with van der Waals surface area (Å²) < 4.78 is 33.8. The molecule has 0 amide bonds. The molecule has 0 saturated carbocycles. The number of hydrogen-bond donors (Lipinski definition) is 0. The number of hydrogen-bond acceptors (Lipinski definition) is 4. The Morgan fingerprint density at radius 2 is 1.72 bits per heavy atom. The Bertz CT molecular complexity index is 1830. The number of pyridine rings is 3. The van der Waals surface area contributed by atoms with Crippen LogP contribution in [0.4, 0.5) is 8.78 Å². The molecule has 1 aliphatic rings. The van der Waals surface area contributed by atoms with Crippen LogP contribution in [0.5, 0.6) is 0 Å². The topological polar surface area (TPSA) is 51.8 Å². The third-order valence-corrected chi connectivity index (χ3v) is 7.08. The standard InChI is InChI=1S/C18H12FN2O.C14H11FN.Ir/c1-2-11-6-7-21-15(8-11)12-4-3-5-13-17-14(19)9-20-10-16(17)22-18(12)13;1-14(2)10-6-4-3-5-9(10)13-12(14)11(15)7-8-16-13;/h3,5-10H,2H2,1H3;3-4,6-8H,1-2H3;/q2*-1;. The van der Waals surface area contributed by atoms with Crippen molar-refractivity contribution in [2.45, 2.75) is 32.6 Å². The van der Waals surface area contributed by atoms with Crippen molar-refractivity contribution in [2.75, 3.05) is 0 Å². The Kier molecular flexibility index (Phi) is 7.15. The summed E-state index contributed by atoms with van der Waals surface area (Å²) in [6, 6.07) is 21.1. The van der Waals surface area contributed by atoms with Crippen molar-refractivity contribution in [1.82, 2.24) is 15.0 Å². The van der Waals surface area contributed by atoms with Crippen LogP contribution in [0.25, 0.3) is 44.5 Å². The van der Waals surface area contributed by atoms with Crippen molar-refractivity contribution in [3.8, 4) is 22.5 Å². The summed E-state index contributed by atoms with van der Waals surface area (Å²) in [5.41, 5.74) is 6.85. The van der Waals surface area contributed by atoms with Gasteiger partial charge in [-0.2, -0.15) is 0 Å². The number of aromatic nitrogens is 3. The fourth-order valence-corrected chi connectivity index (χ4v) is 5.18. The van der Waals surface area contributed by atoms with Gasteiger partial charge in [0.05, 0.1) is 18.0 Å². The molecule has 2 aromatic carbocycles. The largest absolute Gasteiger partial charge is 0.499 e. The van der Waals surface area contributed by atoms with Crippen LogP contribution in [0.15, 0.2) is 77.7 Å². The van der Waals surface area contributed by atoms with Gasteiger partial charge in [0.1, 0.15) is 11.4 Å². The fraction of sp³-hybridized carbons (Fsp3) is 0.156. The minimum absolute atomic E-state index is 0. The number of fused-ring (bicyclic) bond motifs is 6. The van der Waals surface area contributed by atoms with Gasteiger partial charge < -0.3 is 14.4 Å². The van der Waals surface area contributed by atoms with Gasteiger partial charge in [0.2, 0.25) is 0 Å². The van der Waals surface area contributed by atoms with Gasteiger partial charge in [0.25, 0.3) is 0 Å². The Labute approximate surface area is 238 Å². The van der Waals surface area contributed by atoms with Gasteiger partial charge in [-0.25, -0.2) is 8.78 Å². The maximum atomic E-state index is 14.1. The molecular formula is C32H23F2IrN3O-2. The number of nitrogens with zero attached hydrogens (tertiary/aromatic N) is 3. The molecule has 0 saturated heterocycles.